The Labute approximate surface area is 123 Å². The number of rotatable bonds is 14. The molecule has 0 aliphatic rings. The number of carboxylic acids is 1. The lowest BCUT2D eigenvalue weighted by molar-refractivity contribution is -0.134. The van der Waals surface area contributed by atoms with E-state index >= 15 is 0 Å². The van der Waals surface area contributed by atoms with E-state index in [0.29, 0.717) is 6.54 Å². The molecule has 20 heavy (non-hydrogen) atoms. The maximum Gasteiger partial charge on any atom is 0.320 e. The number of sulfonamides is 1. The average molecular weight is 307 g/mol. The summed E-state index contributed by atoms with van der Waals surface area (Å²) >= 11 is 0. The summed E-state index contributed by atoms with van der Waals surface area (Å²) in [4.78, 5) is 10.3. The van der Waals surface area contributed by atoms with Crippen LogP contribution in [-0.4, -0.2) is 31.8 Å². The standard InChI is InChI=1S/C14H29NO4S/c1-2-3-4-5-6-7-8-9-10-11-12-15-20(18,19)13-14(16)17/h15H,2-13H2,1H3,(H,16,17). The average Bonchev–Trinajstić information content (AvgIpc) is 2.34. The van der Waals surface area contributed by atoms with Crippen LogP contribution in [0, 0.1) is 0 Å². The first-order valence-corrected chi connectivity index (χ1v) is 9.32. The molecule has 0 saturated heterocycles. The Morgan fingerprint density at radius 1 is 0.900 bits per heavy atom. The van der Waals surface area contributed by atoms with Crippen LogP contribution in [0.15, 0.2) is 0 Å². The topological polar surface area (TPSA) is 83.5 Å². The van der Waals surface area contributed by atoms with Gasteiger partial charge in [-0.2, -0.15) is 0 Å². The van der Waals surface area contributed by atoms with Gasteiger partial charge in [0.2, 0.25) is 10.0 Å². The van der Waals surface area contributed by atoms with Crippen molar-refractivity contribution < 1.29 is 18.3 Å². The van der Waals surface area contributed by atoms with Crippen LogP contribution >= 0.6 is 0 Å². The molecule has 0 radical (unpaired) electrons. The highest BCUT2D eigenvalue weighted by Crippen LogP contribution is 2.10. The Kier molecular flexibility index (Phi) is 11.8. The van der Waals surface area contributed by atoms with Gasteiger partial charge < -0.3 is 5.11 Å². The van der Waals surface area contributed by atoms with Crippen LogP contribution in [0.1, 0.15) is 71.1 Å². The summed E-state index contributed by atoms with van der Waals surface area (Å²) < 4.78 is 24.7. The molecule has 0 aliphatic carbocycles. The van der Waals surface area contributed by atoms with Gasteiger partial charge in [0, 0.05) is 6.54 Å². The van der Waals surface area contributed by atoms with Gasteiger partial charge in [-0.05, 0) is 6.42 Å². The van der Waals surface area contributed by atoms with Crippen LogP contribution in [0.2, 0.25) is 0 Å². The van der Waals surface area contributed by atoms with E-state index in [-0.39, 0.29) is 0 Å². The summed E-state index contributed by atoms with van der Waals surface area (Å²) in [5.74, 6) is -2.16. The molecule has 0 unspecified atom stereocenters. The second-order valence-corrected chi connectivity index (χ2v) is 7.04. The zero-order valence-electron chi connectivity index (χ0n) is 12.6. The highest BCUT2D eigenvalue weighted by Gasteiger charge is 2.13. The van der Waals surface area contributed by atoms with Crippen molar-refractivity contribution in [2.24, 2.45) is 0 Å². The van der Waals surface area contributed by atoms with Gasteiger partial charge in [0.25, 0.3) is 0 Å². The quantitative estimate of drug-likeness (QED) is 0.483. The molecule has 0 saturated carbocycles. The molecule has 5 nitrogen and oxygen atoms in total. The molecule has 0 aromatic rings. The first-order chi connectivity index (χ1) is 9.48. The number of carboxylic acid groups (broad SMARTS) is 1. The van der Waals surface area contributed by atoms with Crippen molar-refractivity contribution in [2.75, 3.05) is 12.3 Å². The predicted octanol–water partition coefficient (Wildman–Crippen LogP) is 2.91. The van der Waals surface area contributed by atoms with Crippen molar-refractivity contribution in [1.29, 1.82) is 0 Å². The van der Waals surface area contributed by atoms with Gasteiger partial charge >= 0.3 is 5.97 Å². The zero-order valence-corrected chi connectivity index (χ0v) is 13.4. The molecule has 0 amide bonds. The van der Waals surface area contributed by atoms with E-state index in [2.05, 4.69) is 11.6 Å². The van der Waals surface area contributed by atoms with Crippen molar-refractivity contribution in [3.63, 3.8) is 0 Å². The lowest BCUT2D eigenvalue weighted by atomic mass is 10.1. The van der Waals surface area contributed by atoms with E-state index in [1.165, 1.54) is 44.9 Å². The summed E-state index contributed by atoms with van der Waals surface area (Å²) in [6.45, 7) is 2.55. The second kappa shape index (κ2) is 12.1. The van der Waals surface area contributed by atoms with Gasteiger partial charge in [-0.3, -0.25) is 4.79 Å². The third-order valence-corrected chi connectivity index (χ3v) is 4.44. The van der Waals surface area contributed by atoms with Crippen LogP contribution in [0.3, 0.4) is 0 Å². The van der Waals surface area contributed by atoms with E-state index < -0.39 is 21.7 Å². The number of hydrogen-bond donors (Lipinski definition) is 2. The Bertz CT molecular complexity index is 341. The number of aliphatic carboxylic acids is 1. The number of carbonyl (C=O) groups is 1. The summed E-state index contributed by atoms with van der Waals surface area (Å²) in [6.07, 6.45) is 11.9. The van der Waals surface area contributed by atoms with Gasteiger partial charge in [0.15, 0.2) is 5.75 Å². The molecule has 0 heterocycles. The van der Waals surface area contributed by atoms with Crippen LogP contribution in [0.4, 0.5) is 0 Å². The maximum atomic E-state index is 11.2. The Hall–Kier alpha value is -0.620. The Balaban J connectivity index is 3.30. The van der Waals surface area contributed by atoms with Crippen molar-refractivity contribution in [1.82, 2.24) is 4.72 Å². The van der Waals surface area contributed by atoms with E-state index in [1.54, 1.807) is 0 Å². The van der Waals surface area contributed by atoms with Gasteiger partial charge in [-0.1, -0.05) is 64.7 Å². The van der Waals surface area contributed by atoms with Gasteiger partial charge in [-0.15, -0.1) is 0 Å². The maximum absolute atomic E-state index is 11.2. The molecule has 0 fully saturated rings. The fourth-order valence-electron chi connectivity index (χ4n) is 2.05. The molecule has 0 atom stereocenters. The molecular weight excluding hydrogens is 278 g/mol. The highest BCUT2D eigenvalue weighted by molar-refractivity contribution is 7.90. The molecule has 0 aromatic carbocycles. The minimum atomic E-state index is -3.64. The van der Waals surface area contributed by atoms with Crippen molar-refractivity contribution in [3.05, 3.63) is 0 Å². The molecular formula is C14H29NO4S. The minimum absolute atomic E-state index is 0.339. The Morgan fingerprint density at radius 2 is 1.35 bits per heavy atom. The Morgan fingerprint density at radius 3 is 1.80 bits per heavy atom. The van der Waals surface area contributed by atoms with Gasteiger partial charge in [-0.25, -0.2) is 13.1 Å². The SMILES string of the molecule is CCCCCCCCCCCCNS(=O)(=O)CC(=O)O. The molecule has 0 rings (SSSR count). The lowest BCUT2D eigenvalue weighted by Crippen LogP contribution is -2.30. The van der Waals surface area contributed by atoms with Crippen molar-refractivity contribution in [2.45, 2.75) is 71.1 Å². The van der Waals surface area contributed by atoms with E-state index in [1.807, 2.05) is 0 Å². The summed E-state index contributed by atoms with van der Waals surface area (Å²) in [5.41, 5.74) is 0. The third-order valence-electron chi connectivity index (χ3n) is 3.17. The van der Waals surface area contributed by atoms with E-state index in [4.69, 9.17) is 5.11 Å². The largest absolute Gasteiger partial charge is 0.480 e. The molecule has 0 bridgehead atoms. The zero-order chi connectivity index (χ0) is 15.3. The minimum Gasteiger partial charge on any atom is -0.480 e. The summed E-state index contributed by atoms with van der Waals surface area (Å²) in [7, 11) is -3.64. The molecule has 2 N–H and O–H groups in total. The van der Waals surface area contributed by atoms with Crippen LogP contribution in [-0.2, 0) is 14.8 Å². The monoisotopic (exact) mass is 307 g/mol. The predicted molar refractivity (Wildman–Crippen MR) is 81.3 cm³/mol. The smallest absolute Gasteiger partial charge is 0.320 e. The van der Waals surface area contributed by atoms with Crippen molar-refractivity contribution >= 4 is 16.0 Å². The highest BCUT2D eigenvalue weighted by atomic mass is 32.2. The summed E-state index contributed by atoms with van der Waals surface area (Å²) in [5, 5.41) is 8.41. The number of nitrogens with one attached hydrogen (secondary N) is 1. The van der Waals surface area contributed by atoms with Crippen molar-refractivity contribution in [3.8, 4) is 0 Å². The number of unbranched alkanes of at least 4 members (excludes halogenated alkanes) is 9. The fourth-order valence-corrected chi connectivity index (χ4v) is 2.94. The molecule has 6 heteroatoms. The molecule has 0 aromatic heterocycles. The third kappa shape index (κ3) is 13.8. The number of hydrogen-bond acceptors (Lipinski definition) is 3. The molecule has 0 spiro atoms. The first kappa shape index (κ1) is 19.4. The van der Waals surface area contributed by atoms with E-state index in [0.717, 1.165) is 19.3 Å². The van der Waals surface area contributed by atoms with E-state index in [9.17, 15) is 13.2 Å². The van der Waals surface area contributed by atoms with Crippen LogP contribution < -0.4 is 4.72 Å². The first-order valence-electron chi connectivity index (χ1n) is 7.67. The lowest BCUT2D eigenvalue weighted by Gasteiger charge is -2.04. The molecule has 0 aliphatic heterocycles. The summed E-state index contributed by atoms with van der Waals surface area (Å²) in [6, 6.07) is 0. The van der Waals surface area contributed by atoms with Gasteiger partial charge in [0.05, 0.1) is 0 Å². The molecule has 120 valence electrons. The second-order valence-electron chi connectivity index (χ2n) is 5.23. The van der Waals surface area contributed by atoms with Crippen LogP contribution in [0.5, 0.6) is 0 Å². The van der Waals surface area contributed by atoms with Crippen LogP contribution in [0.25, 0.3) is 0 Å². The normalized spacial score (nSPS) is 11.7. The fraction of sp³-hybridized carbons (Fsp3) is 0.929. The van der Waals surface area contributed by atoms with Gasteiger partial charge in [0.1, 0.15) is 0 Å².